The number of amides is 2. The summed E-state index contributed by atoms with van der Waals surface area (Å²) >= 11 is -0.182. The number of carbonyl (C=O) groups is 3. The summed E-state index contributed by atoms with van der Waals surface area (Å²) in [4.78, 5) is 36.5. The minimum absolute atomic E-state index is 0.182. The number of anilines is 1. The van der Waals surface area contributed by atoms with E-state index in [9.17, 15) is 14.4 Å². The maximum atomic E-state index is 12.8. The average molecular weight is 479 g/mol. The monoisotopic (exact) mass is 480 g/mol. The van der Waals surface area contributed by atoms with E-state index in [-0.39, 0.29) is 25.7 Å². The van der Waals surface area contributed by atoms with Gasteiger partial charge in [-0.1, -0.05) is 0 Å². The van der Waals surface area contributed by atoms with E-state index in [0.717, 1.165) is 10.1 Å². The summed E-state index contributed by atoms with van der Waals surface area (Å²) in [5, 5.41) is 5.58. The van der Waals surface area contributed by atoms with Crippen molar-refractivity contribution in [1.29, 1.82) is 0 Å². The molecule has 8 heteroatoms. The van der Waals surface area contributed by atoms with Crippen LogP contribution in [0.3, 0.4) is 0 Å². The molecule has 0 saturated heterocycles. The summed E-state index contributed by atoms with van der Waals surface area (Å²) in [6.45, 7) is 5.12. The third-order valence-electron chi connectivity index (χ3n) is 3.99. The molecule has 0 saturated carbocycles. The molecule has 0 fully saturated rings. The van der Waals surface area contributed by atoms with Crippen molar-refractivity contribution in [3.8, 4) is 0 Å². The van der Waals surface area contributed by atoms with Crippen LogP contribution in [0.15, 0.2) is 54.6 Å². The first kappa shape index (κ1) is 23.0. The van der Waals surface area contributed by atoms with Gasteiger partial charge in [0.25, 0.3) is 0 Å². The van der Waals surface area contributed by atoms with Crippen molar-refractivity contribution >= 4 is 51.9 Å². The van der Waals surface area contributed by atoms with Crippen molar-refractivity contribution in [1.82, 2.24) is 5.32 Å². The zero-order chi connectivity index (χ0) is 21.4. The Morgan fingerprint density at radius 2 is 1.66 bits per heavy atom. The molecule has 0 unspecified atom stereocenters. The third-order valence-corrected chi connectivity index (χ3v) is 10.0. The number of para-hydroxylation sites is 1. The molecule has 2 rings (SSSR count). The molecule has 2 amide bonds. The maximum absolute atomic E-state index is 12.8. The van der Waals surface area contributed by atoms with Gasteiger partial charge in [0.15, 0.2) is 0 Å². The van der Waals surface area contributed by atoms with Crippen LogP contribution in [-0.2, 0) is 14.3 Å². The third kappa shape index (κ3) is 6.63. The quantitative estimate of drug-likeness (QED) is 0.449. The molecule has 29 heavy (non-hydrogen) atoms. The van der Waals surface area contributed by atoms with Gasteiger partial charge in [0, 0.05) is 0 Å². The molecule has 0 heterocycles. The Labute approximate surface area is 180 Å². The van der Waals surface area contributed by atoms with Crippen molar-refractivity contribution < 1.29 is 19.1 Å². The van der Waals surface area contributed by atoms with Crippen LogP contribution in [0.2, 0.25) is 0 Å². The molecule has 0 aliphatic rings. The number of hydrogen-bond acceptors (Lipinski definition) is 5. The van der Waals surface area contributed by atoms with Gasteiger partial charge in [-0.05, 0) is 0 Å². The number of ether oxygens (including phenoxy) is 1. The summed E-state index contributed by atoms with van der Waals surface area (Å²) in [7, 11) is 2.83. The Bertz CT molecular complexity index is 874. The summed E-state index contributed by atoms with van der Waals surface area (Å²) in [6.07, 6.45) is 0. The Balaban J connectivity index is 2.16. The fourth-order valence-corrected chi connectivity index (χ4v) is 7.13. The second kappa shape index (κ2) is 10.5. The van der Waals surface area contributed by atoms with Gasteiger partial charge < -0.3 is 0 Å². The molecule has 0 radical (unpaired) electrons. The molecule has 2 N–H and O–H groups in total. The van der Waals surface area contributed by atoms with Gasteiger partial charge in [-0.3, -0.25) is 0 Å². The van der Waals surface area contributed by atoms with Crippen molar-refractivity contribution in [3.05, 3.63) is 60.2 Å². The fraction of sp³-hybridized carbons (Fsp3) is 0.286. The van der Waals surface area contributed by atoms with Crippen LogP contribution < -0.4 is 15.1 Å². The van der Waals surface area contributed by atoms with E-state index in [1.54, 1.807) is 6.07 Å². The Hall–Kier alpha value is -2.28. The molecule has 0 aromatic heterocycles. The Kier molecular flexibility index (Phi) is 8.32. The molecule has 6 nitrogen and oxygen atoms in total. The molecular weight excluding hydrogens is 455 g/mol. The second-order valence-electron chi connectivity index (χ2n) is 6.74. The van der Waals surface area contributed by atoms with Crippen molar-refractivity contribution in [2.75, 3.05) is 12.4 Å². The van der Waals surface area contributed by atoms with Crippen LogP contribution in [0.5, 0.6) is 0 Å². The number of benzene rings is 2. The van der Waals surface area contributed by atoms with Gasteiger partial charge in [-0.25, -0.2) is 0 Å². The van der Waals surface area contributed by atoms with E-state index in [1.165, 1.54) is 24.2 Å². The number of methoxy groups -OCH3 is 1. The van der Waals surface area contributed by atoms with Crippen LogP contribution in [0, 0.1) is 0 Å². The summed E-state index contributed by atoms with van der Waals surface area (Å²) in [6, 6.07) is 15.9. The first-order valence-corrected chi connectivity index (χ1v) is 12.6. The van der Waals surface area contributed by atoms with Crippen molar-refractivity contribution in [3.63, 3.8) is 0 Å². The number of rotatable bonds is 8. The van der Waals surface area contributed by atoms with Gasteiger partial charge in [-0.15, -0.1) is 0 Å². The van der Waals surface area contributed by atoms with Crippen LogP contribution in [0.1, 0.15) is 31.1 Å². The molecule has 0 spiro atoms. The standard InChI is InChI=1S/C21H24N2O4SSe/c1-14(24)22-18(20(26)27-4)21(2,3)28-29-17-13-9-8-12-16(17)19(25)23-15-10-6-5-7-11-15/h5-13,18H,1-4H3,(H,22,24)(H,23,25)/t18-/m0/s1. The van der Waals surface area contributed by atoms with Crippen LogP contribution in [0.25, 0.3) is 0 Å². The average Bonchev–Trinajstić information content (AvgIpc) is 2.70. The molecule has 0 bridgehead atoms. The molecule has 1 atom stereocenters. The van der Waals surface area contributed by atoms with Gasteiger partial charge in [0.1, 0.15) is 0 Å². The van der Waals surface area contributed by atoms with E-state index in [4.69, 9.17) is 4.74 Å². The number of nitrogens with one attached hydrogen (secondary N) is 2. The normalized spacial score (nSPS) is 12.0. The SMILES string of the molecule is COC(=O)[C@H](NC(C)=O)C(C)(C)S[Se]c1ccccc1C(=O)Nc1ccccc1. The molecule has 0 aliphatic heterocycles. The Morgan fingerprint density at radius 3 is 2.28 bits per heavy atom. The van der Waals surface area contributed by atoms with Crippen molar-refractivity contribution in [2.45, 2.75) is 31.6 Å². The topological polar surface area (TPSA) is 84.5 Å². The fourth-order valence-electron chi connectivity index (χ4n) is 2.48. The van der Waals surface area contributed by atoms with Gasteiger partial charge in [0.2, 0.25) is 0 Å². The molecule has 2 aromatic rings. The zero-order valence-corrected chi connectivity index (χ0v) is 19.3. The molecular formula is C21H24N2O4SSe. The Morgan fingerprint density at radius 1 is 1.03 bits per heavy atom. The van der Waals surface area contributed by atoms with Gasteiger partial charge >= 0.3 is 181 Å². The number of esters is 1. The predicted octanol–water partition coefficient (Wildman–Crippen LogP) is 2.37. The van der Waals surface area contributed by atoms with Gasteiger partial charge in [0.05, 0.1) is 0 Å². The van der Waals surface area contributed by atoms with Crippen LogP contribution >= 0.6 is 10.2 Å². The number of carbonyl (C=O) groups excluding carboxylic acids is 3. The van der Waals surface area contributed by atoms with Crippen LogP contribution in [0.4, 0.5) is 5.69 Å². The summed E-state index contributed by atoms with van der Waals surface area (Å²) in [5.74, 6) is -0.980. The second-order valence-corrected chi connectivity index (χ2v) is 11.1. The van der Waals surface area contributed by atoms with E-state index in [0.29, 0.717) is 5.56 Å². The van der Waals surface area contributed by atoms with E-state index in [1.807, 2.05) is 62.4 Å². The number of hydrogen-bond donors (Lipinski definition) is 2. The first-order chi connectivity index (χ1) is 13.7. The summed E-state index contributed by atoms with van der Waals surface area (Å²) < 4.78 is 5.13. The molecule has 0 aliphatic carbocycles. The first-order valence-electron chi connectivity index (χ1n) is 8.90. The molecule has 154 valence electrons. The van der Waals surface area contributed by atoms with Crippen molar-refractivity contribution in [2.24, 2.45) is 0 Å². The van der Waals surface area contributed by atoms with E-state index >= 15 is 0 Å². The van der Waals surface area contributed by atoms with Gasteiger partial charge in [-0.2, -0.15) is 0 Å². The van der Waals surface area contributed by atoms with E-state index < -0.39 is 16.8 Å². The summed E-state index contributed by atoms with van der Waals surface area (Å²) in [5.41, 5.74) is 1.32. The predicted molar refractivity (Wildman–Crippen MR) is 118 cm³/mol. The molecule has 2 aromatic carbocycles. The zero-order valence-electron chi connectivity index (χ0n) is 16.7. The van der Waals surface area contributed by atoms with Crippen LogP contribution in [-0.4, -0.2) is 49.5 Å². The van der Waals surface area contributed by atoms with E-state index in [2.05, 4.69) is 10.6 Å². The minimum atomic E-state index is -0.790.